The lowest BCUT2D eigenvalue weighted by Crippen LogP contribution is -1.97. The number of thioether (sulfide) groups is 1. The van der Waals surface area contributed by atoms with Crippen molar-refractivity contribution < 1.29 is 14.6 Å². The van der Waals surface area contributed by atoms with E-state index in [1.54, 1.807) is 23.6 Å². The number of allylic oxidation sites excluding steroid dienone is 3. The molecule has 0 bridgehead atoms. The minimum absolute atomic E-state index is 0.0495. The van der Waals surface area contributed by atoms with Crippen molar-refractivity contribution in [3.8, 4) is 0 Å². The van der Waals surface area contributed by atoms with Crippen LogP contribution in [0.15, 0.2) is 35.8 Å². The predicted molar refractivity (Wildman–Crippen MR) is 82.8 cm³/mol. The van der Waals surface area contributed by atoms with Crippen LogP contribution >= 0.6 is 24.0 Å². The van der Waals surface area contributed by atoms with E-state index < -0.39 is 5.97 Å². The van der Waals surface area contributed by atoms with Gasteiger partial charge < -0.3 is 9.84 Å². The maximum atomic E-state index is 10.6. The highest BCUT2D eigenvalue weighted by Crippen LogP contribution is 2.14. The summed E-state index contributed by atoms with van der Waals surface area (Å²) in [6.45, 7) is 9.87. The van der Waals surface area contributed by atoms with Crippen molar-refractivity contribution in [3.63, 3.8) is 0 Å². The topological polar surface area (TPSA) is 46.5 Å². The molecule has 0 unspecified atom stereocenters. The molecule has 18 heavy (non-hydrogen) atoms. The van der Waals surface area contributed by atoms with Crippen LogP contribution in [0.5, 0.6) is 0 Å². The summed E-state index contributed by atoms with van der Waals surface area (Å²) in [5.41, 5.74) is 0.652. The van der Waals surface area contributed by atoms with Gasteiger partial charge in [0.25, 0.3) is 0 Å². The molecule has 0 aromatic rings. The Bertz CT molecular complexity index is 320. The summed E-state index contributed by atoms with van der Waals surface area (Å²) in [6.07, 6.45) is 4.90. The average Bonchev–Trinajstić information content (AvgIpc) is 2.35. The Morgan fingerprint density at radius 3 is 2.56 bits per heavy atom. The van der Waals surface area contributed by atoms with Crippen LogP contribution in [0.4, 0.5) is 0 Å². The molecular weight excluding hydrogens is 268 g/mol. The Morgan fingerprint density at radius 1 is 1.50 bits per heavy atom. The highest BCUT2D eigenvalue weighted by atomic mass is 32.2. The minimum Gasteiger partial charge on any atom is -0.481 e. The van der Waals surface area contributed by atoms with Crippen molar-refractivity contribution in [2.75, 3.05) is 6.61 Å². The molecule has 102 valence electrons. The normalized spacial score (nSPS) is 10.5. The van der Waals surface area contributed by atoms with E-state index in [0.29, 0.717) is 16.6 Å². The van der Waals surface area contributed by atoms with Crippen molar-refractivity contribution in [1.29, 1.82) is 0 Å². The molecule has 0 heterocycles. The molecule has 0 fully saturated rings. The molecule has 0 spiro atoms. The Labute approximate surface area is 119 Å². The first-order valence-corrected chi connectivity index (χ1v) is 6.92. The SMILES string of the molecule is C=C/C=C\C(=C\SC(=S)OCC)CC(=O)O.CC. The third-order valence-corrected chi connectivity index (χ3v) is 2.51. The zero-order valence-corrected chi connectivity index (χ0v) is 12.6. The van der Waals surface area contributed by atoms with Gasteiger partial charge in [-0.05, 0) is 41.9 Å². The number of carboxylic acids is 1. The number of hydrogen-bond donors (Lipinski definition) is 1. The summed E-state index contributed by atoms with van der Waals surface area (Å²) in [7, 11) is 0. The molecule has 0 saturated heterocycles. The molecule has 0 aromatic carbocycles. The summed E-state index contributed by atoms with van der Waals surface area (Å²) in [5, 5.41) is 10.4. The van der Waals surface area contributed by atoms with Gasteiger partial charge in [0, 0.05) is 0 Å². The zero-order chi connectivity index (χ0) is 14.4. The molecule has 0 radical (unpaired) electrons. The van der Waals surface area contributed by atoms with E-state index in [1.807, 2.05) is 20.8 Å². The monoisotopic (exact) mass is 288 g/mol. The largest absolute Gasteiger partial charge is 0.481 e. The fourth-order valence-corrected chi connectivity index (χ4v) is 1.64. The summed E-state index contributed by atoms with van der Waals surface area (Å²) < 4.78 is 5.45. The van der Waals surface area contributed by atoms with Crippen LogP contribution in [0.2, 0.25) is 0 Å². The lowest BCUT2D eigenvalue weighted by molar-refractivity contribution is -0.136. The Balaban J connectivity index is 0. The van der Waals surface area contributed by atoms with Crippen molar-refractivity contribution in [3.05, 3.63) is 35.8 Å². The Hall–Kier alpha value is -1.07. The van der Waals surface area contributed by atoms with E-state index >= 15 is 0 Å². The summed E-state index contributed by atoms with van der Waals surface area (Å²) in [6, 6.07) is 0. The van der Waals surface area contributed by atoms with Crippen molar-refractivity contribution >= 4 is 34.3 Å². The minimum atomic E-state index is -0.886. The number of hydrogen-bond acceptors (Lipinski definition) is 4. The fourth-order valence-electron chi connectivity index (χ4n) is 0.782. The predicted octanol–water partition coefficient (Wildman–Crippen LogP) is 4.17. The van der Waals surface area contributed by atoms with Gasteiger partial charge in [0.1, 0.15) is 0 Å². The fraction of sp³-hybridized carbons (Fsp3) is 0.385. The maximum absolute atomic E-state index is 10.6. The van der Waals surface area contributed by atoms with Gasteiger partial charge in [-0.2, -0.15) is 0 Å². The second-order valence-corrected chi connectivity index (χ2v) is 4.13. The number of rotatable bonds is 6. The van der Waals surface area contributed by atoms with Gasteiger partial charge >= 0.3 is 5.97 Å². The third-order valence-electron chi connectivity index (χ3n) is 1.37. The van der Waals surface area contributed by atoms with Crippen molar-refractivity contribution in [2.45, 2.75) is 27.2 Å². The molecule has 0 saturated carbocycles. The second-order valence-electron chi connectivity index (χ2n) is 2.66. The smallest absolute Gasteiger partial charge is 0.307 e. The van der Waals surface area contributed by atoms with Gasteiger partial charge in [0.2, 0.25) is 4.38 Å². The molecule has 0 aliphatic heterocycles. The first kappa shape index (κ1) is 19.3. The summed E-state index contributed by atoms with van der Waals surface area (Å²) >= 11 is 6.10. The number of carboxylic acid groups (broad SMARTS) is 1. The quantitative estimate of drug-likeness (QED) is 0.587. The van der Waals surface area contributed by atoms with Crippen LogP contribution < -0.4 is 0 Å². The van der Waals surface area contributed by atoms with Crippen LogP contribution in [-0.4, -0.2) is 22.1 Å². The van der Waals surface area contributed by atoms with Crippen LogP contribution in [0.3, 0.4) is 0 Å². The van der Waals surface area contributed by atoms with Crippen molar-refractivity contribution in [2.24, 2.45) is 0 Å². The molecule has 3 nitrogen and oxygen atoms in total. The van der Waals surface area contributed by atoms with Gasteiger partial charge in [-0.3, -0.25) is 4.79 Å². The van der Waals surface area contributed by atoms with Crippen LogP contribution in [0, 0.1) is 0 Å². The molecular formula is C13H20O3S2. The Kier molecular flexibility index (Phi) is 15.0. The highest BCUT2D eigenvalue weighted by Gasteiger charge is 2.02. The molecule has 0 rings (SSSR count). The van der Waals surface area contributed by atoms with Gasteiger partial charge in [-0.25, -0.2) is 0 Å². The van der Waals surface area contributed by atoms with E-state index in [9.17, 15) is 4.79 Å². The van der Waals surface area contributed by atoms with Gasteiger partial charge in [0.15, 0.2) is 0 Å². The molecule has 0 atom stereocenters. The molecule has 0 aliphatic rings. The maximum Gasteiger partial charge on any atom is 0.307 e. The molecule has 5 heteroatoms. The lowest BCUT2D eigenvalue weighted by Gasteiger charge is -2.01. The van der Waals surface area contributed by atoms with E-state index in [4.69, 9.17) is 22.1 Å². The summed E-state index contributed by atoms with van der Waals surface area (Å²) in [4.78, 5) is 10.6. The first-order chi connectivity index (χ1) is 8.60. The van der Waals surface area contributed by atoms with Gasteiger partial charge in [-0.1, -0.05) is 38.7 Å². The Morgan fingerprint density at radius 2 is 2.11 bits per heavy atom. The third kappa shape index (κ3) is 13.0. The summed E-state index contributed by atoms with van der Waals surface area (Å²) in [5.74, 6) is -0.886. The van der Waals surface area contributed by atoms with Crippen LogP contribution in [-0.2, 0) is 9.53 Å². The average molecular weight is 288 g/mol. The number of thiocarbonyl (C=S) groups is 1. The number of ether oxygens (including phenoxy) is 1. The van der Waals surface area contributed by atoms with E-state index in [2.05, 4.69) is 6.58 Å². The molecule has 0 amide bonds. The van der Waals surface area contributed by atoms with Crippen LogP contribution in [0.25, 0.3) is 0 Å². The first-order valence-electron chi connectivity index (χ1n) is 5.63. The van der Waals surface area contributed by atoms with Gasteiger partial charge in [0.05, 0.1) is 13.0 Å². The number of carbonyl (C=O) groups is 1. The van der Waals surface area contributed by atoms with Gasteiger partial charge in [-0.15, -0.1) is 0 Å². The lowest BCUT2D eigenvalue weighted by atomic mass is 10.2. The zero-order valence-electron chi connectivity index (χ0n) is 11.0. The molecule has 1 N–H and O–H groups in total. The van der Waals surface area contributed by atoms with Crippen molar-refractivity contribution in [1.82, 2.24) is 0 Å². The van der Waals surface area contributed by atoms with E-state index in [0.717, 1.165) is 0 Å². The van der Waals surface area contributed by atoms with E-state index in [-0.39, 0.29) is 6.42 Å². The molecule has 0 aromatic heterocycles. The number of aliphatic carboxylic acids is 1. The standard InChI is InChI=1S/C11H14O3S2.C2H6/c1-3-5-6-9(7-10(12)13)8-16-11(15)14-4-2;1-2/h3,5-6,8H,1,4,7H2,2H3,(H,12,13);1-2H3/b6-5-,9-8-;. The second kappa shape index (κ2) is 14.0. The highest BCUT2D eigenvalue weighted by molar-refractivity contribution is 8.24. The van der Waals surface area contributed by atoms with E-state index in [1.165, 1.54) is 11.8 Å². The van der Waals surface area contributed by atoms with Crippen LogP contribution in [0.1, 0.15) is 27.2 Å². The molecule has 0 aliphatic carbocycles.